The molecule has 0 unspecified atom stereocenters. The first-order valence-electron chi connectivity index (χ1n) is 8.01. The first-order chi connectivity index (χ1) is 13.6. The Labute approximate surface area is 166 Å². The highest BCUT2D eigenvalue weighted by molar-refractivity contribution is 5.59. The highest BCUT2D eigenvalue weighted by Crippen LogP contribution is 2.32. The van der Waals surface area contributed by atoms with Crippen molar-refractivity contribution in [3.05, 3.63) is 71.3 Å². The number of benzene rings is 2. The fraction of sp³-hybridized carbons (Fsp3) is 0.200. The summed E-state index contributed by atoms with van der Waals surface area (Å²) in [6.07, 6.45) is 0. The Kier molecular flexibility index (Phi) is 7.65. The summed E-state index contributed by atoms with van der Waals surface area (Å²) in [4.78, 5) is 0. The zero-order chi connectivity index (χ0) is 23.5. The molecule has 0 aliphatic heterocycles. The maximum atomic E-state index is 13.4. The van der Waals surface area contributed by atoms with Crippen LogP contribution in [0.2, 0.25) is 0 Å². The van der Waals surface area contributed by atoms with Gasteiger partial charge in [0.15, 0.2) is 34.8 Å². The van der Waals surface area contributed by atoms with Crippen LogP contribution >= 0.6 is 0 Å². The van der Waals surface area contributed by atoms with Crippen molar-refractivity contribution < 1.29 is 45.0 Å². The molecule has 10 heteroatoms. The van der Waals surface area contributed by atoms with Gasteiger partial charge in [-0.25, -0.2) is 26.3 Å². The van der Waals surface area contributed by atoms with Crippen LogP contribution < -0.4 is 4.74 Å². The third-order valence-electron chi connectivity index (χ3n) is 3.23. The summed E-state index contributed by atoms with van der Waals surface area (Å²) in [6, 6.07) is 1.71. The number of rotatable bonds is 3. The molecule has 0 saturated carbocycles. The zero-order valence-electron chi connectivity index (χ0n) is 15.9. The minimum absolute atomic E-state index is 0.226. The van der Waals surface area contributed by atoms with Crippen LogP contribution in [0.1, 0.15) is 31.9 Å². The van der Waals surface area contributed by atoms with Gasteiger partial charge >= 0.3 is 0 Å². The van der Waals surface area contributed by atoms with Crippen LogP contribution in [0.5, 0.6) is 11.5 Å². The molecule has 0 aromatic heterocycles. The molecule has 2 nitrogen and oxygen atoms in total. The van der Waals surface area contributed by atoms with Gasteiger partial charge in [-0.1, -0.05) is 13.2 Å². The molecule has 1 N–H and O–H groups in total. The van der Waals surface area contributed by atoms with Crippen LogP contribution in [0, 0.1) is 34.9 Å². The Balaban J connectivity index is 0.000000303. The second-order valence-corrected chi connectivity index (χ2v) is 6.77. The van der Waals surface area contributed by atoms with Gasteiger partial charge in [0.25, 0.3) is 0 Å². The van der Waals surface area contributed by atoms with E-state index in [2.05, 4.69) is 13.2 Å². The van der Waals surface area contributed by atoms with Gasteiger partial charge in [0.05, 0.1) is 5.56 Å². The number of halogens is 8. The van der Waals surface area contributed by atoms with Crippen molar-refractivity contribution in [2.75, 3.05) is 0 Å². The molecule has 0 heterocycles. The second-order valence-electron chi connectivity index (χ2n) is 6.77. The Bertz CT molecular complexity index is 941. The van der Waals surface area contributed by atoms with Crippen LogP contribution in [-0.4, -0.2) is 10.7 Å². The minimum Gasteiger partial charge on any atom is -0.503 e. The fourth-order valence-electron chi connectivity index (χ4n) is 1.98. The predicted octanol–water partition coefficient (Wildman–Crippen LogP) is 6.97. The van der Waals surface area contributed by atoms with Gasteiger partial charge in [0.2, 0.25) is 11.6 Å². The number of hydrogen-bond donors (Lipinski definition) is 1. The van der Waals surface area contributed by atoms with Crippen molar-refractivity contribution in [2.45, 2.75) is 26.4 Å². The number of phenolic OH excluding ortho intramolecular Hbond substituents is 1. The number of aromatic hydroxyl groups is 1. The van der Waals surface area contributed by atoms with Crippen molar-refractivity contribution in [3.8, 4) is 11.5 Å². The fourth-order valence-corrected chi connectivity index (χ4v) is 1.98. The van der Waals surface area contributed by atoms with E-state index in [4.69, 9.17) is 9.84 Å². The van der Waals surface area contributed by atoms with Crippen molar-refractivity contribution >= 4 is 11.7 Å². The van der Waals surface area contributed by atoms with E-state index in [1.54, 1.807) is 20.8 Å². The number of phenols is 1. The molecule has 2 aromatic carbocycles. The van der Waals surface area contributed by atoms with Gasteiger partial charge in [-0.3, -0.25) is 0 Å². The summed E-state index contributed by atoms with van der Waals surface area (Å²) >= 11 is 0. The largest absolute Gasteiger partial charge is 0.503 e. The van der Waals surface area contributed by atoms with E-state index in [9.17, 15) is 35.1 Å². The topological polar surface area (TPSA) is 29.5 Å². The van der Waals surface area contributed by atoms with Crippen LogP contribution in [0.25, 0.3) is 11.7 Å². The van der Waals surface area contributed by atoms with Gasteiger partial charge < -0.3 is 9.84 Å². The van der Waals surface area contributed by atoms with Crippen molar-refractivity contribution in [1.29, 1.82) is 0 Å². The first kappa shape index (κ1) is 25.0. The number of hydrogen-bond acceptors (Lipinski definition) is 2. The van der Waals surface area contributed by atoms with Crippen LogP contribution in [0.3, 0.4) is 0 Å². The summed E-state index contributed by atoms with van der Waals surface area (Å²) in [6.45, 7) is 10.5. The molecular weight excluding hydrogens is 424 g/mol. The Hall–Kier alpha value is -3.04. The van der Waals surface area contributed by atoms with Crippen molar-refractivity contribution in [2.24, 2.45) is 0 Å². The molecule has 0 saturated heterocycles. The summed E-state index contributed by atoms with van der Waals surface area (Å²) in [7, 11) is 0. The summed E-state index contributed by atoms with van der Waals surface area (Å²) in [5.74, 6) is -14.9. The number of ether oxygens (including phenoxy) is 1. The molecule has 0 spiro atoms. The van der Waals surface area contributed by atoms with Crippen LogP contribution in [0.15, 0.2) is 25.3 Å². The van der Waals surface area contributed by atoms with Crippen LogP contribution in [-0.2, 0) is 0 Å². The highest BCUT2D eigenvalue weighted by atomic mass is 19.2. The van der Waals surface area contributed by atoms with Gasteiger partial charge in [-0.15, -0.1) is 0 Å². The second kappa shape index (κ2) is 9.19. The van der Waals surface area contributed by atoms with E-state index in [0.717, 1.165) is 12.1 Å². The highest BCUT2D eigenvalue weighted by Gasteiger charge is 2.26. The van der Waals surface area contributed by atoms with Crippen molar-refractivity contribution in [1.82, 2.24) is 0 Å². The zero-order valence-corrected chi connectivity index (χ0v) is 15.9. The lowest BCUT2D eigenvalue weighted by Gasteiger charge is -2.22. The molecule has 0 fully saturated rings. The summed E-state index contributed by atoms with van der Waals surface area (Å²) < 4.78 is 108. The van der Waals surface area contributed by atoms with E-state index in [1.165, 1.54) is 0 Å². The monoisotopic (exact) mass is 440 g/mol. The average Bonchev–Trinajstić information content (AvgIpc) is 2.60. The molecule has 2 rings (SSSR count). The lowest BCUT2D eigenvalue weighted by Crippen LogP contribution is -2.24. The molecule has 2 aromatic rings. The molecule has 164 valence electrons. The maximum absolute atomic E-state index is 13.4. The lowest BCUT2D eigenvalue weighted by molar-refractivity contribution is 0.117. The van der Waals surface area contributed by atoms with Gasteiger partial charge in [0.1, 0.15) is 17.3 Å². The van der Waals surface area contributed by atoms with E-state index < -0.39 is 69.2 Å². The molecule has 30 heavy (non-hydrogen) atoms. The summed E-state index contributed by atoms with van der Waals surface area (Å²) in [5.41, 5.74) is -2.51. The van der Waals surface area contributed by atoms with Crippen molar-refractivity contribution in [3.63, 3.8) is 0 Å². The van der Waals surface area contributed by atoms with E-state index in [1.807, 2.05) is 0 Å². The lowest BCUT2D eigenvalue weighted by atomic mass is 10.1. The third kappa shape index (κ3) is 5.74. The Morgan fingerprint density at radius 2 is 1.20 bits per heavy atom. The predicted molar refractivity (Wildman–Crippen MR) is 95.0 cm³/mol. The molecule has 0 atom stereocenters. The normalized spacial score (nSPS) is 10.9. The van der Waals surface area contributed by atoms with Gasteiger partial charge in [-0.2, -0.15) is 8.78 Å². The standard InChI is InChI=1S/C12H13F3O.C8H3F5O/c1-7(13)8-5-9(14)11(10(15)6-8)16-12(2,3)4;1-2(9)3-4(10)6(12)8(14)7(13)5(3)11/h5-6H,1H2,2-4H3;14H,1H2. The first-order valence-corrected chi connectivity index (χ1v) is 8.01. The molecule has 0 radical (unpaired) electrons. The van der Waals surface area contributed by atoms with E-state index in [-0.39, 0.29) is 5.56 Å². The average molecular weight is 440 g/mol. The van der Waals surface area contributed by atoms with E-state index >= 15 is 0 Å². The maximum Gasteiger partial charge on any atom is 0.204 e. The smallest absolute Gasteiger partial charge is 0.204 e. The molecule has 0 aliphatic carbocycles. The SMILES string of the molecule is C=C(F)c1c(F)c(F)c(O)c(F)c1F.C=C(F)c1cc(F)c(OC(C)(C)C)c(F)c1. The minimum atomic E-state index is -2.06. The third-order valence-corrected chi connectivity index (χ3v) is 3.23. The molecule has 0 bridgehead atoms. The summed E-state index contributed by atoms with van der Waals surface area (Å²) in [5, 5.41) is 8.49. The van der Waals surface area contributed by atoms with Crippen LogP contribution in [0.4, 0.5) is 35.1 Å². The van der Waals surface area contributed by atoms with Gasteiger partial charge in [0, 0.05) is 5.56 Å². The van der Waals surface area contributed by atoms with Gasteiger partial charge in [-0.05, 0) is 32.9 Å². The quantitative estimate of drug-likeness (QED) is 0.413. The molecule has 0 aliphatic rings. The molecular formula is C20H16F8O2. The van der Waals surface area contributed by atoms with E-state index in [0.29, 0.717) is 0 Å². The Morgan fingerprint density at radius 3 is 1.50 bits per heavy atom. The Morgan fingerprint density at radius 1 is 0.800 bits per heavy atom. The molecule has 0 amide bonds.